The van der Waals surface area contributed by atoms with Crippen LogP contribution in [-0.4, -0.2) is 11.1 Å². The summed E-state index contributed by atoms with van der Waals surface area (Å²) in [6, 6.07) is 19.2. The maximum atomic E-state index is 11.8. The highest BCUT2D eigenvalue weighted by Gasteiger charge is 2.14. The maximum absolute atomic E-state index is 11.8. The van der Waals surface area contributed by atoms with Crippen LogP contribution in [0.1, 0.15) is 105 Å². The summed E-state index contributed by atoms with van der Waals surface area (Å²) in [5.74, 6) is 2.20. The molecular formula is C28H39BrO. The van der Waals surface area contributed by atoms with Crippen molar-refractivity contribution in [3.8, 4) is 0 Å². The molecule has 1 nitrogen and oxygen atoms in total. The number of Topliss-reactive ketones (excluding diaryl/α,β-unsaturated/α-hetero) is 1. The SMILES string of the molecule is CCC(CCCCCC(CC)c1ccccc1)CC(C)c1ccc(C(=O)CBr)cc1. The van der Waals surface area contributed by atoms with Gasteiger partial charge in [0.05, 0.1) is 5.33 Å². The van der Waals surface area contributed by atoms with E-state index in [1.165, 1.54) is 62.5 Å². The Morgan fingerprint density at radius 3 is 2.10 bits per heavy atom. The minimum Gasteiger partial charge on any atom is -0.293 e. The number of hydrogen-bond acceptors (Lipinski definition) is 1. The van der Waals surface area contributed by atoms with Gasteiger partial charge in [0.2, 0.25) is 0 Å². The lowest BCUT2D eigenvalue weighted by molar-refractivity contribution is 0.102. The highest BCUT2D eigenvalue weighted by Crippen LogP contribution is 2.30. The van der Waals surface area contributed by atoms with Crippen LogP contribution in [-0.2, 0) is 0 Å². The van der Waals surface area contributed by atoms with Gasteiger partial charge in [0, 0.05) is 5.56 Å². The van der Waals surface area contributed by atoms with Gasteiger partial charge >= 0.3 is 0 Å². The molecule has 0 amide bonds. The first-order valence-corrected chi connectivity index (χ1v) is 12.9. The van der Waals surface area contributed by atoms with Crippen molar-refractivity contribution in [1.29, 1.82) is 0 Å². The van der Waals surface area contributed by atoms with Crippen LogP contribution in [0.3, 0.4) is 0 Å². The van der Waals surface area contributed by atoms with E-state index in [9.17, 15) is 4.79 Å². The second-order valence-corrected chi connectivity index (χ2v) is 9.30. The van der Waals surface area contributed by atoms with Gasteiger partial charge in [-0.15, -0.1) is 0 Å². The molecule has 0 heterocycles. The van der Waals surface area contributed by atoms with E-state index in [1.807, 2.05) is 12.1 Å². The topological polar surface area (TPSA) is 17.1 Å². The number of hydrogen-bond donors (Lipinski definition) is 0. The number of carbonyl (C=O) groups is 1. The van der Waals surface area contributed by atoms with E-state index in [1.54, 1.807) is 0 Å². The van der Waals surface area contributed by atoms with Crippen LogP contribution < -0.4 is 0 Å². The lowest BCUT2D eigenvalue weighted by Crippen LogP contribution is -2.06. The summed E-state index contributed by atoms with van der Waals surface area (Å²) in [5.41, 5.74) is 3.66. The lowest BCUT2D eigenvalue weighted by Gasteiger charge is -2.21. The molecule has 2 aromatic rings. The Labute approximate surface area is 192 Å². The van der Waals surface area contributed by atoms with Gasteiger partial charge in [0.15, 0.2) is 5.78 Å². The minimum absolute atomic E-state index is 0.151. The van der Waals surface area contributed by atoms with E-state index < -0.39 is 0 Å². The fourth-order valence-corrected chi connectivity index (χ4v) is 4.86. The average Bonchev–Trinajstić information content (AvgIpc) is 2.80. The van der Waals surface area contributed by atoms with Crippen LogP contribution in [0.4, 0.5) is 0 Å². The van der Waals surface area contributed by atoms with Crippen molar-refractivity contribution in [1.82, 2.24) is 0 Å². The van der Waals surface area contributed by atoms with Crippen molar-refractivity contribution in [2.45, 2.75) is 84.0 Å². The Morgan fingerprint density at radius 2 is 1.50 bits per heavy atom. The van der Waals surface area contributed by atoms with Crippen LogP contribution in [0.25, 0.3) is 0 Å². The fourth-order valence-electron chi connectivity index (χ4n) is 4.53. The summed E-state index contributed by atoms with van der Waals surface area (Å²) in [4.78, 5) is 11.8. The van der Waals surface area contributed by atoms with Crippen LogP contribution in [0.5, 0.6) is 0 Å². The number of rotatable bonds is 14. The van der Waals surface area contributed by atoms with Crippen molar-refractivity contribution in [3.05, 3.63) is 71.3 Å². The van der Waals surface area contributed by atoms with Gasteiger partial charge in [0.1, 0.15) is 0 Å². The Kier molecular flexibility index (Phi) is 11.4. The molecule has 2 rings (SSSR count). The summed E-state index contributed by atoms with van der Waals surface area (Å²) in [6.07, 6.45) is 10.4. The molecule has 0 bridgehead atoms. The Balaban J connectivity index is 1.73. The number of alkyl halides is 1. The zero-order chi connectivity index (χ0) is 21.8. The van der Waals surface area contributed by atoms with Gasteiger partial charge in [-0.3, -0.25) is 4.79 Å². The minimum atomic E-state index is 0.151. The van der Waals surface area contributed by atoms with Gasteiger partial charge in [-0.25, -0.2) is 0 Å². The Morgan fingerprint density at radius 1 is 0.833 bits per heavy atom. The molecule has 2 heteroatoms. The number of unbranched alkanes of at least 4 members (excludes halogenated alkanes) is 2. The fraction of sp³-hybridized carbons (Fsp3) is 0.536. The van der Waals surface area contributed by atoms with Gasteiger partial charge in [0.25, 0.3) is 0 Å². The molecule has 2 aromatic carbocycles. The molecule has 0 aliphatic rings. The first-order chi connectivity index (χ1) is 14.6. The zero-order valence-electron chi connectivity index (χ0n) is 19.1. The summed E-state index contributed by atoms with van der Waals surface area (Å²) < 4.78 is 0. The molecule has 0 saturated heterocycles. The molecule has 0 fully saturated rings. The summed E-state index contributed by atoms with van der Waals surface area (Å²) >= 11 is 3.25. The zero-order valence-corrected chi connectivity index (χ0v) is 20.7. The molecule has 0 spiro atoms. The van der Waals surface area contributed by atoms with E-state index in [4.69, 9.17) is 0 Å². The summed E-state index contributed by atoms with van der Waals surface area (Å²) in [5, 5.41) is 0.393. The van der Waals surface area contributed by atoms with Crippen molar-refractivity contribution in [2.75, 3.05) is 5.33 Å². The third-order valence-corrected chi connectivity index (χ3v) is 7.13. The van der Waals surface area contributed by atoms with E-state index in [2.05, 4.69) is 79.2 Å². The van der Waals surface area contributed by atoms with Crippen LogP contribution in [0.2, 0.25) is 0 Å². The molecule has 0 N–H and O–H groups in total. The normalized spacial score (nSPS) is 14.3. The molecular weight excluding hydrogens is 432 g/mol. The Bertz CT molecular complexity index is 722. The second kappa shape index (κ2) is 13.8. The third-order valence-electron chi connectivity index (χ3n) is 6.62. The van der Waals surface area contributed by atoms with Gasteiger partial charge < -0.3 is 0 Å². The molecule has 0 aromatic heterocycles. The molecule has 0 aliphatic heterocycles. The van der Waals surface area contributed by atoms with Crippen molar-refractivity contribution >= 4 is 21.7 Å². The van der Waals surface area contributed by atoms with Gasteiger partial charge in [-0.2, -0.15) is 0 Å². The van der Waals surface area contributed by atoms with Crippen molar-refractivity contribution in [2.24, 2.45) is 5.92 Å². The average molecular weight is 472 g/mol. The molecule has 0 radical (unpaired) electrons. The lowest BCUT2D eigenvalue weighted by atomic mass is 9.85. The monoisotopic (exact) mass is 470 g/mol. The second-order valence-electron chi connectivity index (χ2n) is 8.74. The van der Waals surface area contributed by atoms with Crippen LogP contribution >= 0.6 is 15.9 Å². The number of ketones is 1. The highest BCUT2D eigenvalue weighted by molar-refractivity contribution is 9.09. The van der Waals surface area contributed by atoms with E-state index in [-0.39, 0.29) is 5.78 Å². The smallest absolute Gasteiger partial charge is 0.173 e. The molecule has 3 unspecified atom stereocenters. The van der Waals surface area contributed by atoms with E-state index in [0.717, 1.165) is 11.5 Å². The van der Waals surface area contributed by atoms with Gasteiger partial charge in [-0.05, 0) is 48.1 Å². The van der Waals surface area contributed by atoms with Gasteiger partial charge in [-0.1, -0.05) is 123 Å². The third kappa shape index (κ3) is 8.02. The molecule has 0 saturated carbocycles. The standard InChI is InChI=1S/C28H39BrO/c1-4-23(20-22(3)25-16-18-27(19-17-25)28(30)21-29)12-8-6-9-13-24(5-2)26-14-10-7-11-15-26/h7,10-11,14-19,22-24H,4-6,8-9,12-13,20-21H2,1-3H3. The van der Waals surface area contributed by atoms with E-state index >= 15 is 0 Å². The Hall–Kier alpha value is -1.41. The predicted octanol–water partition coefficient (Wildman–Crippen LogP) is 8.93. The molecule has 164 valence electrons. The summed E-state index contributed by atoms with van der Waals surface area (Å²) in [7, 11) is 0. The maximum Gasteiger partial charge on any atom is 0.173 e. The number of carbonyl (C=O) groups excluding carboxylic acids is 1. The largest absolute Gasteiger partial charge is 0.293 e. The van der Waals surface area contributed by atoms with Crippen LogP contribution in [0, 0.1) is 5.92 Å². The van der Waals surface area contributed by atoms with E-state index in [0.29, 0.717) is 17.2 Å². The molecule has 0 aliphatic carbocycles. The number of benzene rings is 2. The molecule has 30 heavy (non-hydrogen) atoms. The van der Waals surface area contributed by atoms with Crippen molar-refractivity contribution < 1.29 is 4.79 Å². The predicted molar refractivity (Wildman–Crippen MR) is 134 cm³/mol. The first kappa shape index (κ1) is 24.9. The molecule has 3 atom stereocenters. The first-order valence-electron chi connectivity index (χ1n) is 11.8. The highest BCUT2D eigenvalue weighted by atomic mass is 79.9. The van der Waals surface area contributed by atoms with Crippen LogP contribution in [0.15, 0.2) is 54.6 Å². The quantitative estimate of drug-likeness (QED) is 0.153. The number of halogens is 1. The summed E-state index contributed by atoms with van der Waals surface area (Å²) in [6.45, 7) is 6.97. The van der Waals surface area contributed by atoms with Crippen molar-refractivity contribution in [3.63, 3.8) is 0 Å².